The highest BCUT2D eigenvalue weighted by Gasteiger charge is 2.33. The first-order valence-electron chi connectivity index (χ1n) is 11.5. The number of likely N-dealkylation sites (tertiary alicyclic amines) is 1. The van der Waals surface area contributed by atoms with Crippen molar-refractivity contribution in [1.82, 2.24) is 14.7 Å². The first-order chi connectivity index (χ1) is 16.0. The van der Waals surface area contributed by atoms with E-state index in [1.807, 2.05) is 36.0 Å². The summed E-state index contributed by atoms with van der Waals surface area (Å²) in [7, 11) is 0. The Kier molecular flexibility index (Phi) is 7.62. The van der Waals surface area contributed by atoms with Crippen LogP contribution in [0.2, 0.25) is 0 Å². The number of ether oxygens (including phenoxy) is 2. The van der Waals surface area contributed by atoms with Gasteiger partial charge in [0.25, 0.3) is 0 Å². The predicted molar refractivity (Wildman–Crippen MR) is 125 cm³/mol. The Hall–Kier alpha value is -2.90. The Labute approximate surface area is 194 Å². The lowest BCUT2D eigenvalue weighted by molar-refractivity contribution is -0.0543. The van der Waals surface area contributed by atoms with E-state index in [-0.39, 0.29) is 12.4 Å². The van der Waals surface area contributed by atoms with Crippen LogP contribution in [0.25, 0.3) is 0 Å². The first-order valence-corrected chi connectivity index (χ1v) is 11.5. The molecule has 0 unspecified atom stereocenters. The number of para-hydroxylation sites is 1. The molecule has 0 bridgehead atoms. The quantitative estimate of drug-likeness (QED) is 0.466. The van der Waals surface area contributed by atoms with Gasteiger partial charge < -0.3 is 14.6 Å². The molecule has 0 atom stereocenters. The maximum Gasteiger partial charge on any atom is 0.165 e. The Balaban J connectivity index is 1.16. The molecule has 3 aromatic rings. The van der Waals surface area contributed by atoms with Crippen molar-refractivity contribution >= 4 is 0 Å². The Bertz CT molecular complexity index is 1010. The van der Waals surface area contributed by atoms with E-state index in [2.05, 4.69) is 22.1 Å². The summed E-state index contributed by atoms with van der Waals surface area (Å²) in [6.07, 6.45) is 4.08. The normalized spacial score (nSPS) is 16.0. The molecule has 1 saturated heterocycles. The van der Waals surface area contributed by atoms with Crippen molar-refractivity contribution in [2.75, 3.05) is 26.3 Å². The number of hydrogen-bond donors (Lipinski definition) is 1. The second-order valence-corrected chi connectivity index (χ2v) is 8.79. The molecule has 1 fully saturated rings. The summed E-state index contributed by atoms with van der Waals surface area (Å²) < 4.78 is 27.1. The monoisotopic (exact) mass is 453 g/mol. The van der Waals surface area contributed by atoms with Gasteiger partial charge in [-0.2, -0.15) is 5.10 Å². The lowest BCUT2D eigenvalue weighted by Crippen LogP contribution is -2.47. The molecule has 0 radical (unpaired) electrons. The minimum Gasteiger partial charge on any atom is -0.494 e. The van der Waals surface area contributed by atoms with Crippen molar-refractivity contribution in [3.63, 3.8) is 0 Å². The molecule has 33 heavy (non-hydrogen) atoms. The third-order valence-corrected chi connectivity index (χ3v) is 6.02. The second-order valence-electron chi connectivity index (χ2n) is 8.79. The number of hydrogen-bond acceptors (Lipinski definition) is 5. The topological polar surface area (TPSA) is 59.8 Å². The molecule has 0 aliphatic carbocycles. The summed E-state index contributed by atoms with van der Waals surface area (Å²) >= 11 is 0. The standard InChI is InChI=1S/C26H32FN3O3/c1-21-11-15-30(28-21)14-4-18-32-23-9-7-22(8-10-23)19-29-16-12-26(31,13-17-29)20-33-25-6-3-2-5-24(25)27/h2-3,5-11,15,31H,4,12-14,16-20H2,1H3. The van der Waals surface area contributed by atoms with Gasteiger partial charge in [0.2, 0.25) is 0 Å². The molecule has 1 aromatic heterocycles. The summed E-state index contributed by atoms with van der Waals surface area (Å²) in [4.78, 5) is 2.32. The number of aliphatic hydroxyl groups is 1. The predicted octanol–water partition coefficient (Wildman–Crippen LogP) is 4.21. The van der Waals surface area contributed by atoms with Crippen molar-refractivity contribution < 1.29 is 19.0 Å². The SMILES string of the molecule is Cc1ccn(CCCOc2ccc(CN3CCC(O)(COc4ccccc4F)CC3)cc2)n1. The van der Waals surface area contributed by atoms with Gasteiger partial charge in [-0.25, -0.2) is 4.39 Å². The largest absolute Gasteiger partial charge is 0.494 e. The van der Waals surface area contributed by atoms with Crippen molar-refractivity contribution in [2.45, 2.75) is 44.9 Å². The molecular formula is C26H32FN3O3. The molecule has 6 nitrogen and oxygen atoms in total. The van der Waals surface area contributed by atoms with Crippen LogP contribution in [0.4, 0.5) is 4.39 Å². The van der Waals surface area contributed by atoms with Crippen LogP contribution in [0.1, 0.15) is 30.5 Å². The van der Waals surface area contributed by atoms with Gasteiger partial charge in [0.1, 0.15) is 18.0 Å². The second kappa shape index (κ2) is 10.8. The van der Waals surface area contributed by atoms with Gasteiger partial charge in [0, 0.05) is 38.8 Å². The number of aromatic nitrogens is 2. The van der Waals surface area contributed by atoms with Crippen LogP contribution in [0.3, 0.4) is 0 Å². The molecule has 0 saturated carbocycles. The number of rotatable bonds is 10. The average Bonchev–Trinajstić information content (AvgIpc) is 3.24. The van der Waals surface area contributed by atoms with Gasteiger partial charge in [0.05, 0.1) is 12.3 Å². The smallest absolute Gasteiger partial charge is 0.165 e. The van der Waals surface area contributed by atoms with E-state index in [4.69, 9.17) is 9.47 Å². The molecule has 0 spiro atoms. The fourth-order valence-corrected chi connectivity index (χ4v) is 4.00. The van der Waals surface area contributed by atoms with Crippen molar-refractivity contribution in [3.05, 3.63) is 77.9 Å². The van der Waals surface area contributed by atoms with Crippen LogP contribution >= 0.6 is 0 Å². The number of nitrogens with zero attached hydrogens (tertiary/aromatic N) is 3. The van der Waals surface area contributed by atoms with E-state index in [9.17, 15) is 9.50 Å². The Morgan fingerprint density at radius 3 is 2.48 bits per heavy atom. The highest BCUT2D eigenvalue weighted by molar-refractivity contribution is 5.27. The summed E-state index contributed by atoms with van der Waals surface area (Å²) in [6.45, 7) is 5.94. The minimum absolute atomic E-state index is 0.105. The molecule has 0 amide bonds. The van der Waals surface area contributed by atoms with E-state index in [0.29, 0.717) is 19.4 Å². The molecule has 7 heteroatoms. The lowest BCUT2D eigenvalue weighted by atomic mass is 9.92. The third kappa shape index (κ3) is 6.79. The van der Waals surface area contributed by atoms with E-state index in [1.165, 1.54) is 11.6 Å². The fourth-order valence-electron chi connectivity index (χ4n) is 4.00. The van der Waals surface area contributed by atoms with Gasteiger partial charge in [-0.05, 0) is 55.7 Å². The molecule has 2 aromatic carbocycles. The highest BCUT2D eigenvalue weighted by atomic mass is 19.1. The van der Waals surface area contributed by atoms with E-state index in [0.717, 1.165) is 44.0 Å². The van der Waals surface area contributed by atoms with Gasteiger partial charge in [-0.15, -0.1) is 0 Å². The lowest BCUT2D eigenvalue weighted by Gasteiger charge is -2.38. The summed E-state index contributed by atoms with van der Waals surface area (Å²) in [5, 5.41) is 15.2. The van der Waals surface area contributed by atoms with E-state index >= 15 is 0 Å². The minimum atomic E-state index is -0.925. The zero-order chi connectivity index (χ0) is 23.1. The number of piperidine rings is 1. The number of benzene rings is 2. The van der Waals surface area contributed by atoms with Crippen LogP contribution in [-0.2, 0) is 13.1 Å². The van der Waals surface area contributed by atoms with Gasteiger partial charge >= 0.3 is 0 Å². The number of aryl methyl sites for hydroxylation is 2. The Morgan fingerprint density at radius 2 is 1.79 bits per heavy atom. The van der Waals surface area contributed by atoms with Crippen LogP contribution in [0.15, 0.2) is 60.8 Å². The summed E-state index contributed by atoms with van der Waals surface area (Å²) in [6, 6.07) is 16.5. The molecule has 4 rings (SSSR count). The number of halogens is 1. The zero-order valence-corrected chi connectivity index (χ0v) is 19.1. The van der Waals surface area contributed by atoms with Crippen molar-refractivity contribution in [3.8, 4) is 11.5 Å². The van der Waals surface area contributed by atoms with Crippen LogP contribution in [0.5, 0.6) is 11.5 Å². The van der Waals surface area contributed by atoms with E-state index in [1.54, 1.807) is 18.2 Å². The molecule has 2 heterocycles. The highest BCUT2D eigenvalue weighted by Crippen LogP contribution is 2.26. The van der Waals surface area contributed by atoms with Crippen LogP contribution in [-0.4, -0.2) is 51.7 Å². The van der Waals surface area contributed by atoms with Crippen LogP contribution < -0.4 is 9.47 Å². The third-order valence-electron chi connectivity index (χ3n) is 6.02. The fraction of sp³-hybridized carbons (Fsp3) is 0.423. The van der Waals surface area contributed by atoms with Gasteiger partial charge in [-0.3, -0.25) is 9.58 Å². The maximum atomic E-state index is 13.7. The maximum absolute atomic E-state index is 13.7. The first kappa shape index (κ1) is 23.3. The zero-order valence-electron chi connectivity index (χ0n) is 19.1. The molecule has 1 N–H and O–H groups in total. The average molecular weight is 454 g/mol. The molecule has 1 aliphatic rings. The van der Waals surface area contributed by atoms with Gasteiger partial charge in [-0.1, -0.05) is 24.3 Å². The summed E-state index contributed by atoms with van der Waals surface area (Å²) in [5.74, 6) is 0.653. The van der Waals surface area contributed by atoms with Crippen molar-refractivity contribution in [2.24, 2.45) is 0 Å². The molecule has 1 aliphatic heterocycles. The van der Waals surface area contributed by atoms with Crippen LogP contribution in [0, 0.1) is 12.7 Å². The summed E-state index contributed by atoms with van der Waals surface area (Å²) in [5.41, 5.74) is 1.31. The van der Waals surface area contributed by atoms with Crippen molar-refractivity contribution in [1.29, 1.82) is 0 Å². The van der Waals surface area contributed by atoms with Gasteiger partial charge in [0.15, 0.2) is 11.6 Å². The Morgan fingerprint density at radius 1 is 1.03 bits per heavy atom. The molecular weight excluding hydrogens is 421 g/mol. The molecule has 176 valence electrons. The van der Waals surface area contributed by atoms with E-state index < -0.39 is 11.4 Å².